The third-order valence-corrected chi connectivity index (χ3v) is 3.96. The van der Waals surface area contributed by atoms with Crippen LogP contribution in [0.2, 0.25) is 0 Å². The van der Waals surface area contributed by atoms with Crippen molar-refractivity contribution >= 4 is 16.9 Å². The minimum atomic E-state index is -0.974. The lowest BCUT2D eigenvalue weighted by atomic mass is 10.1. The number of nitrogens with zero attached hydrogens (tertiary/aromatic N) is 1. The van der Waals surface area contributed by atoms with E-state index >= 15 is 0 Å². The standard InChI is InChI=1S/C16H15F2NO2/c1-3-11-13(21-15(20)16(2)6-7-16)8-9-12(19-11)5-4-10(17)14(9)18/h4-5,8H,3,6-7H2,1-2H3. The number of halogens is 2. The Labute approximate surface area is 120 Å². The average Bonchev–Trinajstić information content (AvgIpc) is 3.22. The van der Waals surface area contributed by atoms with Crippen molar-refractivity contribution in [3.05, 3.63) is 35.5 Å². The molecule has 0 N–H and O–H groups in total. The van der Waals surface area contributed by atoms with Crippen LogP contribution >= 0.6 is 0 Å². The Hall–Kier alpha value is -2.04. The Morgan fingerprint density at radius 3 is 2.71 bits per heavy atom. The molecule has 1 aliphatic rings. The van der Waals surface area contributed by atoms with Crippen LogP contribution in [-0.4, -0.2) is 11.0 Å². The second kappa shape index (κ2) is 4.76. The third kappa shape index (κ3) is 2.37. The van der Waals surface area contributed by atoms with E-state index in [1.165, 1.54) is 12.1 Å². The van der Waals surface area contributed by atoms with Crippen LogP contribution in [0.25, 0.3) is 10.9 Å². The van der Waals surface area contributed by atoms with Gasteiger partial charge in [-0.3, -0.25) is 4.79 Å². The van der Waals surface area contributed by atoms with Crippen LogP contribution in [0.5, 0.6) is 5.75 Å². The first-order chi connectivity index (χ1) is 9.94. The molecule has 0 bridgehead atoms. The van der Waals surface area contributed by atoms with Crippen LogP contribution < -0.4 is 4.74 Å². The molecule has 2 aromatic rings. The third-order valence-electron chi connectivity index (χ3n) is 3.96. The number of esters is 1. The van der Waals surface area contributed by atoms with Crippen LogP contribution in [0.4, 0.5) is 8.78 Å². The fourth-order valence-electron chi connectivity index (χ4n) is 2.16. The summed E-state index contributed by atoms with van der Waals surface area (Å²) in [6, 6.07) is 3.82. The summed E-state index contributed by atoms with van der Waals surface area (Å²) in [4.78, 5) is 16.3. The zero-order valence-corrected chi connectivity index (χ0v) is 11.9. The predicted molar refractivity (Wildman–Crippen MR) is 74.0 cm³/mol. The molecule has 0 amide bonds. The Balaban J connectivity index is 2.07. The fourth-order valence-corrected chi connectivity index (χ4v) is 2.16. The highest BCUT2D eigenvalue weighted by atomic mass is 19.2. The van der Waals surface area contributed by atoms with Crippen molar-refractivity contribution in [2.24, 2.45) is 5.41 Å². The first kappa shape index (κ1) is 13.9. The van der Waals surface area contributed by atoms with Crippen LogP contribution in [-0.2, 0) is 11.2 Å². The van der Waals surface area contributed by atoms with Crippen LogP contribution in [0.15, 0.2) is 18.2 Å². The molecule has 0 unspecified atom stereocenters. The zero-order chi connectivity index (χ0) is 15.2. The number of carbonyl (C=O) groups excluding carboxylic acids is 1. The molecule has 1 aromatic carbocycles. The first-order valence-corrected chi connectivity index (χ1v) is 6.94. The molecule has 1 fully saturated rings. The molecule has 1 heterocycles. The molecular weight excluding hydrogens is 276 g/mol. The molecule has 0 spiro atoms. The summed E-state index contributed by atoms with van der Waals surface area (Å²) in [6.07, 6.45) is 2.11. The molecule has 0 saturated heterocycles. The number of pyridine rings is 1. The average molecular weight is 291 g/mol. The number of rotatable bonds is 3. The number of carbonyl (C=O) groups is 1. The van der Waals surface area contributed by atoms with Crippen LogP contribution in [0.3, 0.4) is 0 Å². The summed E-state index contributed by atoms with van der Waals surface area (Å²) in [5, 5.41) is 0.0240. The van der Waals surface area contributed by atoms with Gasteiger partial charge in [-0.1, -0.05) is 6.92 Å². The van der Waals surface area contributed by atoms with Gasteiger partial charge in [0.1, 0.15) is 0 Å². The highest BCUT2D eigenvalue weighted by molar-refractivity contribution is 5.85. The molecule has 1 saturated carbocycles. The first-order valence-electron chi connectivity index (χ1n) is 6.94. The van der Waals surface area contributed by atoms with E-state index in [0.717, 1.165) is 18.9 Å². The van der Waals surface area contributed by atoms with E-state index in [1.54, 1.807) is 0 Å². The van der Waals surface area contributed by atoms with Gasteiger partial charge in [0.25, 0.3) is 0 Å². The summed E-state index contributed by atoms with van der Waals surface area (Å²) in [7, 11) is 0. The van der Waals surface area contributed by atoms with Crippen molar-refractivity contribution in [1.82, 2.24) is 4.98 Å². The maximum atomic E-state index is 13.8. The van der Waals surface area contributed by atoms with Crippen molar-refractivity contribution in [3.63, 3.8) is 0 Å². The SMILES string of the molecule is CCc1nc2ccc(F)c(F)c2cc1OC(=O)C1(C)CC1. The van der Waals surface area contributed by atoms with E-state index in [-0.39, 0.29) is 17.1 Å². The van der Waals surface area contributed by atoms with Gasteiger partial charge < -0.3 is 4.74 Å². The van der Waals surface area contributed by atoms with E-state index in [0.29, 0.717) is 17.6 Å². The number of hydrogen-bond acceptors (Lipinski definition) is 3. The number of ether oxygens (including phenoxy) is 1. The van der Waals surface area contributed by atoms with E-state index in [1.807, 2.05) is 13.8 Å². The minimum absolute atomic E-state index is 0.0240. The van der Waals surface area contributed by atoms with Crippen molar-refractivity contribution < 1.29 is 18.3 Å². The molecule has 0 atom stereocenters. The Kier molecular flexibility index (Phi) is 3.15. The van der Waals surface area contributed by atoms with Crippen molar-refractivity contribution in [2.75, 3.05) is 0 Å². The number of benzene rings is 1. The second-order valence-corrected chi connectivity index (χ2v) is 5.66. The largest absolute Gasteiger partial charge is 0.424 e. The minimum Gasteiger partial charge on any atom is -0.424 e. The van der Waals surface area contributed by atoms with Crippen molar-refractivity contribution in [3.8, 4) is 5.75 Å². The number of hydrogen-bond donors (Lipinski definition) is 0. The smallest absolute Gasteiger partial charge is 0.317 e. The predicted octanol–water partition coefficient (Wildman–Crippen LogP) is 3.78. The molecule has 21 heavy (non-hydrogen) atoms. The maximum Gasteiger partial charge on any atom is 0.317 e. The van der Waals surface area contributed by atoms with Crippen LogP contribution in [0.1, 0.15) is 32.4 Å². The molecule has 1 aromatic heterocycles. The Bertz CT molecular complexity index is 739. The summed E-state index contributed by atoms with van der Waals surface area (Å²) >= 11 is 0. The molecule has 0 aliphatic heterocycles. The van der Waals surface area contributed by atoms with Gasteiger partial charge in [0.15, 0.2) is 17.4 Å². The summed E-state index contributed by atoms with van der Waals surface area (Å²) < 4.78 is 32.5. The number of aryl methyl sites for hydroxylation is 1. The highest BCUT2D eigenvalue weighted by Gasteiger charge is 2.47. The molecule has 0 radical (unpaired) electrons. The summed E-state index contributed by atoms with van der Waals surface area (Å²) in [5.41, 5.74) is 0.467. The summed E-state index contributed by atoms with van der Waals surface area (Å²) in [6.45, 7) is 3.69. The normalized spacial score (nSPS) is 16.0. The lowest BCUT2D eigenvalue weighted by Crippen LogP contribution is -2.19. The number of aromatic nitrogens is 1. The van der Waals surface area contributed by atoms with Crippen molar-refractivity contribution in [2.45, 2.75) is 33.1 Å². The zero-order valence-electron chi connectivity index (χ0n) is 11.9. The molecule has 110 valence electrons. The van der Waals surface area contributed by atoms with Gasteiger partial charge in [0.2, 0.25) is 0 Å². The van der Waals surface area contributed by atoms with Gasteiger partial charge in [-0.2, -0.15) is 0 Å². The van der Waals surface area contributed by atoms with Crippen molar-refractivity contribution in [1.29, 1.82) is 0 Å². The van der Waals surface area contributed by atoms with Gasteiger partial charge in [-0.25, -0.2) is 13.8 Å². The fraction of sp³-hybridized carbons (Fsp3) is 0.375. The lowest BCUT2D eigenvalue weighted by molar-refractivity contribution is -0.139. The van der Waals surface area contributed by atoms with E-state index in [4.69, 9.17) is 4.74 Å². The second-order valence-electron chi connectivity index (χ2n) is 5.66. The molecular formula is C16H15F2NO2. The molecule has 5 heteroatoms. The highest BCUT2D eigenvalue weighted by Crippen LogP contribution is 2.46. The molecule has 1 aliphatic carbocycles. The molecule has 3 rings (SSSR count). The van der Waals surface area contributed by atoms with Gasteiger partial charge in [0.05, 0.1) is 16.6 Å². The topological polar surface area (TPSA) is 39.2 Å². The van der Waals surface area contributed by atoms with Crippen LogP contribution in [0, 0.1) is 17.0 Å². The Morgan fingerprint density at radius 2 is 2.10 bits per heavy atom. The van der Waals surface area contributed by atoms with Gasteiger partial charge >= 0.3 is 5.97 Å². The number of fused-ring (bicyclic) bond motifs is 1. The van der Waals surface area contributed by atoms with E-state index in [2.05, 4.69) is 4.98 Å². The Morgan fingerprint density at radius 1 is 1.38 bits per heavy atom. The van der Waals surface area contributed by atoms with Gasteiger partial charge in [0, 0.05) is 5.39 Å². The van der Waals surface area contributed by atoms with Gasteiger partial charge in [-0.15, -0.1) is 0 Å². The van der Waals surface area contributed by atoms with E-state index < -0.39 is 17.0 Å². The van der Waals surface area contributed by atoms with E-state index in [9.17, 15) is 13.6 Å². The lowest BCUT2D eigenvalue weighted by Gasteiger charge is -2.13. The quantitative estimate of drug-likeness (QED) is 0.808. The molecule has 3 nitrogen and oxygen atoms in total. The van der Waals surface area contributed by atoms with Gasteiger partial charge in [-0.05, 0) is 44.4 Å². The maximum absolute atomic E-state index is 13.8. The summed E-state index contributed by atoms with van der Waals surface area (Å²) in [5.74, 6) is -2.04. The monoisotopic (exact) mass is 291 g/mol.